The Labute approximate surface area is 226 Å². The van der Waals surface area contributed by atoms with E-state index in [9.17, 15) is 14.4 Å². The summed E-state index contributed by atoms with van der Waals surface area (Å²) in [6, 6.07) is 16.1. The average Bonchev–Trinajstić information content (AvgIpc) is 2.96. The Balaban J connectivity index is 1.49. The molecule has 0 radical (unpaired) electrons. The number of primary amides is 1. The minimum absolute atomic E-state index is 0.0107. The second-order valence-electron chi connectivity index (χ2n) is 9.28. The fourth-order valence-electron chi connectivity index (χ4n) is 4.46. The molecule has 202 valence electrons. The molecule has 1 aliphatic carbocycles. The van der Waals surface area contributed by atoms with Crippen molar-refractivity contribution in [2.24, 2.45) is 5.73 Å². The Bertz CT molecular complexity index is 1350. The van der Waals surface area contributed by atoms with Crippen LogP contribution in [0.5, 0.6) is 0 Å². The van der Waals surface area contributed by atoms with Gasteiger partial charge in [0.05, 0.1) is 5.56 Å². The number of hydrogen-bond donors (Lipinski definition) is 3. The predicted molar refractivity (Wildman–Crippen MR) is 146 cm³/mol. The molecule has 0 spiro atoms. The van der Waals surface area contributed by atoms with Crippen LogP contribution in [0.4, 0.5) is 17.5 Å². The summed E-state index contributed by atoms with van der Waals surface area (Å²) in [5.74, 6) is -1.09. The van der Waals surface area contributed by atoms with Gasteiger partial charge in [0.15, 0.2) is 11.5 Å². The minimum Gasteiger partial charge on any atom is -0.457 e. The summed E-state index contributed by atoms with van der Waals surface area (Å²) in [6.07, 6.45) is 4.64. The van der Waals surface area contributed by atoms with Gasteiger partial charge in [-0.15, -0.1) is 10.2 Å². The van der Waals surface area contributed by atoms with Crippen LogP contribution in [0.15, 0.2) is 67.3 Å². The molecule has 3 aromatic rings. The maximum absolute atomic E-state index is 12.6. The van der Waals surface area contributed by atoms with Gasteiger partial charge in [0.1, 0.15) is 6.61 Å². The second kappa shape index (κ2) is 12.6. The Kier molecular flexibility index (Phi) is 8.82. The predicted octanol–water partition coefficient (Wildman–Crippen LogP) is 3.12. The first-order chi connectivity index (χ1) is 18.8. The molecule has 0 saturated heterocycles. The van der Waals surface area contributed by atoms with E-state index < -0.39 is 11.9 Å². The summed E-state index contributed by atoms with van der Waals surface area (Å²) in [6.45, 7) is 3.66. The molecule has 39 heavy (non-hydrogen) atoms. The third-order valence-electron chi connectivity index (χ3n) is 6.52. The molecule has 11 heteroatoms. The highest BCUT2D eigenvalue weighted by atomic mass is 16.5. The van der Waals surface area contributed by atoms with Gasteiger partial charge in [0, 0.05) is 24.8 Å². The Morgan fingerprint density at radius 1 is 1.13 bits per heavy atom. The Hall–Kier alpha value is -4.80. The maximum Gasteiger partial charge on any atom is 0.338 e. The number of nitrogens with two attached hydrogens (primary N) is 1. The van der Waals surface area contributed by atoms with E-state index in [1.54, 1.807) is 24.3 Å². The van der Waals surface area contributed by atoms with E-state index in [0.29, 0.717) is 23.6 Å². The van der Waals surface area contributed by atoms with E-state index in [-0.39, 0.29) is 36.1 Å². The van der Waals surface area contributed by atoms with E-state index >= 15 is 0 Å². The number of nitrogens with one attached hydrogen (secondary N) is 2. The van der Waals surface area contributed by atoms with Crippen molar-refractivity contribution in [3.63, 3.8) is 0 Å². The first-order valence-corrected chi connectivity index (χ1v) is 12.6. The first-order valence-electron chi connectivity index (χ1n) is 12.6. The Morgan fingerprint density at radius 2 is 1.92 bits per heavy atom. The van der Waals surface area contributed by atoms with Crippen LogP contribution in [0.3, 0.4) is 0 Å². The van der Waals surface area contributed by atoms with Crippen molar-refractivity contribution >= 4 is 35.2 Å². The highest BCUT2D eigenvalue weighted by Gasteiger charge is 2.28. The van der Waals surface area contributed by atoms with Crippen molar-refractivity contribution in [2.75, 3.05) is 17.3 Å². The van der Waals surface area contributed by atoms with Crippen LogP contribution in [0, 0.1) is 0 Å². The largest absolute Gasteiger partial charge is 0.457 e. The molecular weight excluding hydrogens is 498 g/mol. The minimum atomic E-state index is -0.796. The average molecular weight is 530 g/mol. The summed E-state index contributed by atoms with van der Waals surface area (Å²) in [5.41, 5.74) is 7.09. The molecule has 1 saturated carbocycles. The molecule has 2 atom stereocenters. The van der Waals surface area contributed by atoms with Crippen molar-refractivity contribution in [3.05, 3.63) is 84.1 Å². The summed E-state index contributed by atoms with van der Waals surface area (Å²) in [4.78, 5) is 42.9. The van der Waals surface area contributed by atoms with Crippen LogP contribution < -0.4 is 21.3 Å². The topological polar surface area (TPSA) is 152 Å². The molecule has 2 aromatic carbocycles. The van der Waals surface area contributed by atoms with Gasteiger partial charge in [-0.2, -0.15) is 4.98 Å². The number of benzene rings is 2. The number of rotatable bonds is 10. The summed E-state index contributed by atoms with van der Waals surface area (Å²) in [5, 5.41) is 14.2. The number of carbonyl (C=O) groups excluding carboxylic acids is 3. The normalized spacial score (nSPS) is 16.5. The Morgan fingerprint density at radius 3 is 2.67 bits per heavy atom. The molecule has 0 bridgehead atoms. The lowest BCUT2D eigenvalue weighted by molar-refractivity contribution is -0.117. The fraction of sp³-hybridized carbons (Fsp3) is 0.286. The van der Waals surface area contributed by atoms with Crippen molar-refractivity contribution < 1.29 is 19.1 Å². The molecule has 1 unspecified atom stereocenters. The van der Waals surface area contributed by atoms with E-state index in [1.165, 1.54) is 6.08 Å². The molecule has 4 rings (SSSR count). The molecule has 4 N–H and O–H groups in total. The number of aromatic nitrogens is 3. The van der Waals surface area contributed by atoms with Crippen LogP contribution in [-0.2, 0) is 16.1 Å². The summed E-state index contributed by atoms with van der Waals surface area (Å²) < 4.78 is 5.42. The molecule has 11 nitrogen and oxygen atoms in total. The zero-order chi connectivity index (χ0) is 27.8. The van der Waals surface area contributed by atoms with Crippen LogP contribution in [0.1, 0.15) is 52.1 Å². The third kappa shape index (κ3) is 7.16. The molecule has 0 aliphatic heterocycles. The van der Waals surface area contributed by atoms with Crippen LogP contribution in [-0.4, -0.2) is 52.1 Å². The van der Waals surface area contributed by atoms with Gasteiger partial charge in [-0.25, -0.2) is 4.79 Å². The first kappa shape index (κ1) is 27.2. The van der Waals surface area contributed by atoms with Gasteiger partial charge < -0.3 is 26.0 Å². The number of hydrogen-bond acceptors (Lipinski definition) is 9. The van der Waals surface area contributed by atoms with Crippen LogP contribution >= 0.6 is 0 Å². The molecule has 1 heterocycles. The summed E-state index contributed by atoms with van der Waals surface area (Å²) in [7, 11) is 1.84. The summed E-state index contributed by atoms with van der Waals surface area (Å²) >= 11 is 0. The molecule has 2 amide bonds. The van der Waals surface area contributed by atoms with Gasteiger partial charge >= 0.3 is 5.97 Å². The molecule has 1 aliphatic rings. The van der Waals surface area contributed by atoms with Crippen molar-refractivity contribution in [2.45, 2.75) is 44.4 Å². The van der Waals surface area contributed by atoms with Crippen molar-refractivity contribution in [1.82, 2.24) is 20.5 Å². The fourth-order valence-corrected chi connectivity index (χ4v) is 4.46. The number of ether oxygens (including phenoxy) is 1. The highest BCUT2D eigenvalue weighted by molar-refractivity contribution is 5.96. The second-order valence-corrected chi connectivity index (χ2v) is 9.28. The number of carbonyl (C=O) groups is 3. The maximum atomic E-state index is 12.6. The van der Waals surface area contributed by atoms with Crippen molar-refractivity contribution in [3.8, 4) is 0 Å². The standard InChI is InChI=1S/C28H31N7O4/c1-3-23(36)30-21-13-8-14-22(16-21)35(2)28-32-26(24(25(29)37)33-34-28)31-20-12-7-11-19(15-20)27(38)39-17-18-9-5-4-6-10-18/h3-7,9-12,15,21-22H,1,8,13-14,16-17H2,2H3,(H2,29,37)(H,30,36)(H,31,32,34)/t21?,22-/m1/s1. The zero-order valence-electron chi connectivity index (χ0n) is 21.7. The number of amides is 2. The van der Waals surface area contributed by atoms with Gasteiger partial charge in [0.25, 0.3) is 5.91 Å². The van der Waals surface area contributed by atoms with Crippen LogP contribution in [0.2, 0.25) is 0 Å². The highest BCUT2D eigenvalue weighted by Crippen LogP contribution is 2.26. The lowest BCUT2D eigenvalue weighted by Gasteiger charge is -2.35. The lowest BCUT2D eigenvalue weighted by atomic mass is 9.90. The number of anilines is 3. The quantitative estimate of drug-likeness (QED) is 0.266. The van der Waals surface area contributed by atoms with E-state index in [2.05, 4.69) is 32.4 Å². The van der Waals surface area contributed by atoms with Crippen molar-refractivity contribution in [1.29, 1.82) is 0 Å². The molecule has 1 aromatic heterocycles. The van der Waals surface area contributed by atoms with Gasteiger partial charge in [0.2, 0.25) is 11.9 Å². The SMILES string of the molecule is C=CC(=O)NC1CCC[C@@H](N(C)c2nnc(C(N)=O)c(Nc3cccc(C(=O)OCc4ccccc4)c3)n2)C1. The molecular formula is C28H31N7O4. The monoisotopic (exact) mass is 529 g/mol. The smallest absolute Gasteiger partial charge is 0.338 e. The van der Waals surface area contributed by atoms with Gasteiger partial charge in [-0.3, -0.25) is 9.59 Å². The van der Waals surface area contributed by atoms with E-state index in [0.717, 1.165) is 24.8 Å². The van der Waals surface area contributed by atoms with Crippen LogP contribution in [0.25, 0.3) is 0 Å². The lowest BCUT2D eigenvalue weighted by Crippen LogP contribution is -2.45. The van der Waals surface area contributed by atoms with Gasteiger partial charge in [-0.05, 0) is 55.5 Å². The molecule has 1 fully saturated rings. The van der Waals surface area contributed by atoms with E-state index in [1.807, 2.05) is 42.3 Å². The zero-order valence-corrected chi connectivity index (χ0v) is 21.7. The number of esters is 1. The number of nitrogens with zero attached hydrogens (tertiary/aromatic N) is 4. The third-order valence-corrected chi connectivity index (χ3v) is 6.52. The van der Waals surface area contributed by atoms with E-state index in [4.69, 9.17) is 10.5 Å². The van der Waals surface area contributed by atoms with Gasteiger partial charge in [-0.1, -0.05) is 43.0 Å².